The van der Waals surface area contributed by atoms with Crippen molar-refractivity contribution in [3.8, 4) is 0 Å². The van der Waals surface area contributed by atoms with E-state index in [0.717, 1.165) is 12.1 Å². The van der Waals surface area contributed by atoms with Crippen LogP contribution in [-0.2, 0) is 19.1 Å². The molecule has 194 valence electrons. The van der Waals surface area contributed by atoms with Gasteiger partial charge in [-0.15, -0.1) is 0 Å². The summed E-state index contributed by atoms with van der Waals surface area (Å²) in [5.74, 6) is -8.45. The van der Waals surface area contributed by atoms with Crippen molar-refractivity contribution >= 4 is 11.9 Å². The van der Waals surface area contributed by atoms with Gasteiger partial charge in [0.1, 0.15) is 0 Å². The molecular formula is C18H14F12O4. The van der Waals surface area contributed by atoms with Crippen molar-refractivity contribution in [2.24, 2.45) is 5.92 Å². The standard InChI is InChI=1S/C18H14F12O4/c1-8(11(31)33-13(15(19,20)21)16(22,23)24)7-10(9-5-3-2-4-6-9)12(32)34-14(17(25,26)27)18(28,29)30/h2-6,8,10,13-14H,7H2,1H3. The second-order valence-corrected chi connectivity index (χ2v) is 6.90. The maximum absolute atomic E-state index is 12.7. The van der Waals surface area contributed by atoms with Gasteiger partial charge < -0.3 is 9.47 Å². The van der Waals surface area contributed by atoms with Crippen LogP contribution in [0.15, 0.2) is 30.3 Å². The summed E-state index contributed by atoms with van der Waals surface area (Å²) in [5, 5.41) is 0. The molecule has 2 unspecified atom stereocenters. The largest absolute Gasteiger partial charge is 0.443 e. The summed E-state index contributed by atoms with van der Waals surface area (Å²) in [4.78, 5) is 24.1. The van der Waals surface area contributed by atoms with Gasteiger partial charge in [-0.25, -0.2) is 0 Å². The Morgan fingerprint density at radius 2 is 1.03 bits per heavy atom. The van der Waals surface area contributed by atoms with E-state index < -0.39 is 67.1 Å². The Bertz CT molecular complexity index is 799. The smallest absolute Gasteiger partial charge is 0.434 e. The molecule has 0 aliphatic carbocycles. The van der Waals surface area contributed by atoms with Crippen LogP contribution in [0.4, 0.5) is 52.7 Å². The number of esters is 2. The summed E-state index contributed by atoms with van der Waals surface area (Å²) in [6.45, 7) is 0.667. The number of ether oxygens (including phenoxy) is 2. The number of halogens is 12. The molecule has 0 saturated heterocycles. The summed E-state index contributed by atoms with van der Waals surface area (Å²) in [7, 11) is 0. The lowest BCUT2D eigenvalue weighted by atomic mass is 9.89. The predicted molar refractivity (Wildman–Crippen MR) is 86.9 cm³/mol. The first-order valence-electron chi connectivity index (χ1n) is 8.88. The van der Waals surface area contributed by atoms with E-state index in [0.29, 0.717) is 6.92 Å². The maximum atomic E-state index is 12.7. The van der Waals surface area contributed by atoms with Crippen LogP contribution in [0.2, 0.25) is 0 Å². The molecule has 0 saturated carbocycles. The third-order valence-corrected chi connectivity index (χ3v) is 4.14. The highest BCUT2D eigenvalue weighted by Crippen LogP contribution is 2.39. The van der Waals surface area contributed by atoms with Crippen LogP contribution in [0.1, 0.15) is 24.8 Å². The van der Waals surface area contributed by atoms with Crippen LogP contribution < -0.4 is 0 Å². The highest BCUT2D eigenvalue weighted by molar-refractivity contribution is 5.80. The van der Waals surface area contributed by atoms with Crippen molar-refractivity contribution in [2.75, 3.05) is 0 Å². The third kappa shape index (κ3) is 8.27. The van der Waals surface area contributed by atoms with Gasteiger partial charge in [0.05, 0.1) is 11.8 Å². The van der Waals surface area contributed by atoms with E-state index in [2.05, 4.69) is 9.47 Å². The monoisotopic (exact) mass is 522 g/mol. The van der Waals surface area contributed by atoms with Crippen molar-refractivity contribution in [1.82, 2.24) is 0 Å². The van der Waals surface area contributed by atoms with E-state index in [4.69, 9.17) is 0 Å². The molecule has 0 aromatic heterocycles. The van der Waals surface area contributed by atoms with Gasteiger partial charge >= 0.3 is 36.6 Å². The molecule has 16 heteroatoms. The minimum absolute atomic E-state index is 0.321. The molecule has 34 heavy (non-hydrogen) atoms. The van der Waals surface area contributed by atoms with Gasteiger partial charge in [-0.3, -0.25) is 9.59 Å². The zero-order valence-electron chi connectivity index (χ0n) is 16.6. The number of alkyl halides is 12. The van der Waals surface area contributed by atoms with Crippen molar-refractivity contribution in [3.63, 3.8) is 0 Å². The SMILES string of the molecule is CC(CC(C(=O)OC(C(F)(F)F)C(F)(F)F)c1ccccc1)C(=O)OC(C(F)(F)F)C(F)(F)F. The fourth-order valence-corrected chi connectivity index (χ4v) is 2.57. The van der Waals surface area contributed by atoms with E-state index >= 15 is 0 Å². The summed E-state index contributed by atoms with van der Waals surface area (Å²) in [6, 6.07) is 5.68. The van der Waals surface area contributed by atoms with E-state index in [1.807, 2.05) is 0 Å². The molecule has 4 nitrogen and oxygen atoms in total. The van der Waals surface area contributed by atoms with Gasteiger partial charge in [-0.05, 0) is 12.0 Å². The molecule has 0 radical (unpaired) electrons. The first-order chi connectivity index (χ1) is 15.2. The molecule has 0 amide bonds. The number of hydrogen-bond donors (Lipinski definition) is 0. The van der Waals surface area contributed by atoms with Gasteiger partial charge in [-0.1, -0.05) is 37.3 Å². The van der Waals surface area contributed by atoms with Gasteiger partial charge in [0.15, 0.2) is 0 Å². The number of benzene rings is 1. The highest BCUT2D eigenvalue weighted by atomic mass is 19.4. The molecule has 0 aliphatic heterocycles. The fraction of sp³-hybridized carbons (Fsp3) is 0.556. The fourth-order valence-electron chi connectivity index (χ4n) is 2.57. The van der Waals surface area contributed by atoms with Crippen molar-refractivity contribution in [2.45, 2.75) is 56.2 Å². The lowest BCUT2D eigenvalue weighted by Gasteiger charge is -2.27. The number of carbonyl (C=O) groups excluding carboxylic acids is 2. The average Bonchev–Trinajstić information content (AvgIpc) is 2.64. The zero-order chi connectivity index (χ0) is 26.7. The molecule has 0 N–H and O–H groups in total. The minimum atomic E-state index is -6.09. The molecule has 0 aliphatic rings. The lowest BCUT2D eigenvalue weighted by molar-refractivity contribution is -0.314. The summed E-state index contributed by atoms with van der Waals surface area (Å²) >= 11 is 0. The van der Waals surface area contributed by atoms with Gasteiger partial charge in [0, 0.05) is 0 Å². The maximum Gasteiger partial charge on any atom is 0.434 e. The summed E-state index contributed by atoms with van der Waals surface area (Å²) < 4.78 is 159. The Labute approximate surface area is 182 Å². The number of rotatable bonds is 7. The van der Waals surface area contributed by atoms with Crippen LogP contribution >= 0.6 is 0 Å². The highest BCUT2D eigenvalue weighted by Gasteiger charge is 2.61. The topological polar surface area (TPSA) is 52.6 Å². The van der Waals surface area contributed by atoms with Crippen LogP contribution in [0.25, 0.3) is 0 Å². The second kappa shape index (κ2) is 10.3. The minimum Gasteiger partial charge on any atom is -0.443 e. The van der Waals surface area contributed by atoms with E-state index in [1.54, 1.807) is 0 Å². The van der Waals surface area contributed by atoms with E-state index in [1.165, 1.54) is 18.2 Å². The molecule has 0 bridgehead atoms. The Balaban J connectivity index is 3.20. The molecule has 2 atom stereocenters. The Morgan fingerprint density at radius 1 is 0.676 bits per heavy atom. The van der Waals surface area contributed by atoms with Crippen molar-refractivity contribution < 1.29 is 71.7 Å². The molecule has 1 rings (SSSR count). The Hall–Kier alpha value is -2.68. The second-order valence-electron chi connectivity index (χ2n) is 6.90. The van der Waals surface area contributed by atoms with Crippen molar-refractivity contribution in [1.29, 1.82) is 0 Å². The summed E-state index contributed by atoms with van der Waals surface area (Å²) in [5.41, 5.74) is -0.321. The zero-order valence-corrected chi connectivity index (χ0v) is 16.6. The quantitative estimate of drug-likeness (QED) is 0.332. The third-order valence-electron chi connectivity index (χ3n) is 4.14. The Morgan fingerprint density at radius 3 is 1.38 bits per heavy atom. The van der Waals surface area contributed by atoms with Gasteiger partial charge in [-0.2, -0.15) is 52.7 Å². The van der Waals surface area contributed by atoms with Gasteiger partial charge in [0.25, 0.3) is 12.2 Å². The Kier molecular flexibility index (Phi) is 8.89. The molecule has 0 heterocycles. The van der Waals surface area contributed by atoms with E-state index in [-0.39, 0.29) is 5.56 Å². The van der Waals surface area contributed by atoms with Crippen LogP contribution in [0, 0.1) is 5.92 Å². The normalized spacial score (nSPS) is 15.3. The van der Waals surface area contributed by atoms with Crippen molar-refractivity contribution in [3.05, 3.63) is 35.9 Å². The summed E-state index contributed by atoms with van der Waals surface area (Å²) in [6.07, 6.45) is -34.6. The van der Waals surface area contributed by atoms with Crippen LogP contribution in [0.3, 0.4) is 0 Å². The number of hydrogen-bond acceptors (Lipinski definition) is 4. The average molecular weight is 522 g/mol. The first-order valence-corrected chi connectivity index (χ1v) is 8.88. The van der Waals surface area contributed by atoms with E-state index in [9.17, 15) is 62.3 Å². The molecule has 0 fully saturated rings. The van der Waals surface area contributed by atoms with Crippen LogP contribution in [0.5, 0.6) is 0 Å². The molecule has 1 aromatic rings. The number of carbonyl (C=O) groups is 2. The lowest BCUT2D eigenvalue weighted by Crippen LogP contribution is -2.47. The molecular weight excluding hydrogens is 508 g/mol. The van der Waals surface area contributed by atoms with Crippen LogP contribution in [-0.4, -0.2) is 48.9 Å². The molecule has 0 spiro atoms. The molecule has 1 aromatic carbocycles. The predicted octanol–water partition coefficient (Wildman–Crippen LogP) is 5.87. The first kappa shape index (κ1) is 29.4. The van der Waals surface area contributed by atoms with Gasteiger partial charge in [0.2, 0.25) is 0 Å².